The Kier molecular flexibility index (Phi) is 2.09. The number of rotatable bonds is 2. The number of aromatic nitrogens is 1. The van der Waals surface area contributed by atoms with Crippen LogP contribution in [0.25, 0.3) is 10.8 Å². The second-order valence-corrected chi connectivity index (χ2v) is 3.05. The number of pyridine rings is 1. The highest BCUT2D eigenvalue weighted by molar-refractivity contribution is 5.82. The summed E-state index contributed by atoms with van der Waals surface area (Å²) < 4.78 is 0. The molecule has 0 spiro atoms. The molecule has 2 rings (SSSR count). The van der Waals surface area contributed by atoms with Gasteiger partial charge in [0.1, 0.15) is 0 Å². The van der Waals surface area contributed by atoms with Crippen molar-refractivity contribution in [1.29, 1.82) is 0 Å². The second-order valence-electron chi connectivity index (χ2n) is 3.05. The zero-order chi connectivity index (χ0) is 9.10. The first-order valence-electron chi connectivity index (χ1n) is 4.34. The minimum atomic E-state index is 0.929. The van der Waals surface area contributed by atoms with Crippen molar-refractivity contribution in [2.75, 3.05) is 0 Å². The molecule has 0 amide bonds. The van der Waals surface area contributed by atoms with Crippen LogP contribution in [0.15, 0.2) is 49.3 Å². The van der Waals surface area contributed by atoms with Gasteiger partial charge in [0.05, 0.1) is 0 Å². The van der Waals surface area contributed by atoms with Crippen LogP contribution in [-0.2, 0) is 6.42 Å². The third-order valence-corrected chi connectivity index (χ3v) is 2.09. The zero-order valence-electron chi connectivity index (χ0n) is 7.40. The van der Waals surface area contributed by atoms with Crippen LogP contribution in [0.4, 0.5) is 0 Å². The first-order chi connectivity index (χ1) is 6.40. The Morgan fingerprint density at radius 3 is 3.00 bits per heavy atom. The van der Waals surface area contributed by atoms with E-state index in [2.05, 4.69) is 29.8 Å². The molecule has 13 heavy (non-hydrogen) atoms. The molecule has 2 aromatic rings. The minimum Gasteiger partial charge on any atom is -0.264 e. The van der Waals surface area contributed by atoms with E-state index in [4.69, 9.17) is 0 Å². The van der Waals surface area contributed by atoms with Crippen LogP contribution < -0.4 is 0 Å². The Labute approximate surface area is 77.7 Å². The molecule has 0 aliphatic heterocycles. The third kappa shape index (κ3) is 1.59. The monoisotopic (exact) mass is 169 g/mol. The minimum absolute atomic E-state index is 0.929. The fourth-order valence-corrected chi connectivity index (χ4v) is 1.43. The number of allylic oxidation sites excluding steroid dienone is 1. The third-order valence-electron chi connectivity index (χ3n) is 2.09. The summed E-state index contributed by atoms with van der Waals surface area (Å²) in [6, 6.07) is 8.42. The molecule has 0 saturated heterocycles. The van der Waals surface area contributed by atoms with Crippen molar-refractivity contribution in [3.05, 3.63) is 54.9 Å². The second kappa shape index (κ2) is 3.40. The van der Waals surface area contributed by atoms with Crippen molar-refractivity contribution in [3.63, 3.8) is 0 Å². The van der Waals surface area contributed by atoms with Gasteiger partial charge in [-0.15, -0.1) is 6.58 Å². The quantitative estimate of drug-likeness (QED) is 0.630. The molecule has 0 aliphatic rings. The molecule has 0 unspecified atom stereocenters. The number of benzene rings is 1. The largest absolute Gasteiger partial charge is 0.264 e. The summed E-state index contributed by atoms with van der Waals surface area (Å²) in [5.41, 5.74) is 1.30. The standard InChI is InChI=1S/C12H11N/c1-2-3-10-4-5-12-9-13-7-6-11(12)8-10/h2,4-9H,1,3H2. The van der Waals surface area contributed by atoms with Crippen molar-refractivity contribution in [1.82, 2.24) is 4.98 Å². The van der Waals surface area contributed by atoms with Gasteiger partial charge in [-0.2, -0.15) is 0 Å². The van der Waals surface area contributed by atoms with Crippen LogP contribution in [0.1, 0.15) is 5.56 Å². The molecule has 0 aliphatic carbocycles. The molecule has 0 radical (unpaired) electrons. The molecule has 0 fully saturated rings. The van der Waals surface area contributed by atoms with Gasteiger partial charge in [0.15, 0.2) is 0 Å². The number of fused-ring (bicyclic) bond motifs is 1. The summed E-state index contributed by atoms with van der Waals surface area (Å²) in [6.45, 7) is 3.72. The highest BCUT2D eigenvalue weighted by Crippen LogP contribution is 2.14. The Morgan fingerprint density at radius 2 is 2.15 bits per heavy atom. The van der Waals surface area contributed by atoms with Crippen LogP contribution in [-0.4, -0.2) is 4.98 Å². The van der Waals surface area contributed by atoms with E-state index < -0.39 is 0 Å². The summed E-state index contributed by atoms with van der Waals surface area (Å²) in [7, 11) is 0. The van der Waals surface area contributed by atoms with Gasteiger partial charge in [-0.1, -0.05) is 24.3 Å². The van der Waals surface area contributed by atoms with E-state index in [-0.39, 0.29) is 0 Å². The molecule has 0 N–H and O–H groups in total. The lowest BCUT2D eigenvalue weighted by Gasteiger charge is -1.99. The summed E-state index contributed by atoms with van der Waals surface area (Å²) in [4.78, 5) is 4.07. The molecular weight excluding hydrogens is 158 g/mol. The summed E-state index contributed by atoms with van der Waals surface area (Å²) >= 11 is 0. The van der Waals surface area contributed by atoms with E-state index in [1.54, 1.807) is 0 Å². The van der Waals surface area contributed by atoms with Crippen molar-refractivity contribution >= 4 is 10.8 Å². The van der Waals surface area contributed by atoms with Crippen LogP contribution in [0.3, 0.4) is 0 Å². The normalized spacial score (nSPS) is 10.2. The zero-order valence-corrected chi connectivity index (χ0v) is 7.40. The van der Waals surface area contributed by atoms with Gasteiger partial charge in [-0.05, 0) is 23.4 Å². The molecule has 1 nitrogen and oxygen atoms in total. The lowest BCUT2D eigenvalue weighted by molar-refractivity contribution is 1.28. The predicted molar refractivity (Wildman–Crippen MR) is 55.6 cm³/mol. The predicted octanol–water partition coefficient (Wildman–Crippen LogP) is 2.96. The number of hydrogen-bond donors (Lipinski definition) is 0. The van der Waals surface area contributed by atoms with Gasteiger partial charge >= 0.3 is 0 Å². The van der Waals surface area contributed by atoms with Gasteiger partial charge in [-0.25, -0.2) is 0 Å². The maximum atomic E-state index is 4.07. The summed E-state index contributed by atoms with van der Waals surface area (Å²) in [5.74, 6) is 0. The van der Waals surface area contributed by atoms with Crippen LogP contribution in [0, 0.1) is 0 Å². The van der Waals surface area contributed by atoms with Crippen LogP contribution >= 0.6 is 0 Å². The Morgan fingerprint density at radius 1 is 1.23 bits per heavy atom. The maximum absolute atomic E-state index is 4.07. The van der Waals surface area contributed by atoms with E-state index in [0.29, 0.717) is 0 Å². The number of hydrogen-bond acceptors (Lipinski definition) is 1. The lowest BCUT2D eigenvalue weighted by Crippen LogP contribution is -1.81. The fourth-order valence-electron chi connectivity index (χ4n) is 1.43. The summed E-state index contributed by atoms with van der Waals surface area (Å²) in [6.07, 6.45) is 6.55. The smallest absolute Gasteiger partial charge is 0.0346 e. The van der Waals surface area contributed by atoms with E-state index in [1.807, 2.05) is 24.5 Å². The van der Waals surface area contributed by atoms with Gasteiger partial charge < -0.3 is 0 Å². The fraction of sp³-hybridized carbons (Fsp3) is 0.0833. The summed E-state index contributed by atoms with van der Waals surface area (Å²) in [5, 5.41) is 2.43. The van der Waals surface area contributed by atoms with Gasteiger partial charge in [-0.3, -0.25) is 4.98 Å². The Balaban J connectivity index is 2.55. The molecular formula is C12H11N. The van der Waals surface area contributed by atoms with Crippen LogP contribution in [0.2, 0.25) is 0 Å². The SMILES string of the molecule is C=CCc1ccc2cnccc2c1. The topological polar surface area (TPSA) is 12.9 Å². The van der Waals surface area contributed by atoms with Crippen molar-refractivity contribution in [3.8, 4) is 0 Å². The van der Waals surface area contributed by atoms with Crippen molar-refractivity contribution in [2.45, 2.75) is 6.42 Å². The Hall–Kier alpha value is -1.63. The molecule has 1 aromatic heterocycles. The molecule has 1 heteroatoms. The Bertz CT molecular complexity index is 432. The molecule has 0 saturated carbocycles. The maximum Gasteiger partial charge on any atom is 0.0346 e. The van der Waals surface area contributed by atoms with E-state index in [1.165, 1.54) is 16.3 Å². The molecule has 64 valence electrons. The average Bonchev–Trinajstić information content (AvgIpc) is 2.18. The first-order valence-corrected chi connectivity index (χ1v) is 4.34. The molecule has 1 heterocycles. The highest BCUT2D eigenvalue weighted by Gasteiger charge is 1.93. The number of nitrogens with zero attached hydrogens (tertiary/aromatic N) is 1. The van der Waals surface area contributed by atoms with Crippen LogP contribution in [0.5, 0.6) is 0 Å². The van der Waals surface area contributed by atoms with Gasteiger partial charge in [0.2, 0.25) is 0 Å². The first kappa shape index (κ1) is 7.99. The highest BCUT2D eigenvalue weighted by atomic mass is 14.6. The van der Waals surface area contributed by atoms with E-state index in [0.717, 1.165) is 6.42 Å². The van der Waals surface area contributed by atoms with E-state index >= 15 is 0 Å². The van der Waals surface area contributed by atoms with E-state index in [9.17, 15) is 0 Å². The molecule has 1 aromatic carbocycles. The van der Waals surface area contributed by atoms with Gasteiger partial charge in [0.25, 0.3) is 0 Å². The van der Waals surface area contributed by atoms with Crippen molar-refractivity contribution in [2.24, 2.45) is 0 Å². The lowest BCUT2D eigenvalue weighted by atomic mass is 10.1. The van der Waals surface area contributed by atoms with Crippen molar-refractivity contribution < 1.29 is 0 Å². The van der Waals surface area contributed by atoms with Gasteiger partial charge in [0, 0.05) is 17.8 Å². The molecule has 0 bridgehead atoms. The molecule has 0 atom stereocenters. The average molecular weight is 169 g/mol.